The zero-order valence-corrected chi connectivity index (χ0v) is 10.9. The molecule has 3 nitrogen and oxygen atoms in total. The lowest BCUT2D eigenvalue weighted by molar-refractivity contribution is -0.136. The van der Waals surface area contributed by atoms with Crippen LogP contribution in [0.1, 0.15) is 21.7 Å². The van der Waals surface area contributed by atoms with Crippen molar-refractivity contribution in [2.24, 2.45) is 0 Å². The van der Waals surface area contributed by atoms with Crippen LogP contribution in [-0.4, -0.2) is 21.7 Å². The highest BCUT2D eigenvalue weighted by atomic mass is 79.9. The average Bonchev–Trinajstić information content (AvgIpc) is 2.44. The van der Waals surface area contributed by atoms with Crippen molar-refractivity contribution in [2.45, 2.75) is 18.2 Å². The van der Waals surface area contributed by atoms with Gasteiger partial charge in [-0.1, -0.05) is 27.5 Å². The summed E-state index contributed by atoms with van der Waals surface area (Å²) in [5, 5.41) is 8.53. The molecule has 0 spiro atoms. The summed E-state index contributed by atoms with van der Waals surface area (Å²) < 4.78 is 0.563. The van der Waals surface area contributed by atoms with Crippen LogP contribution in [0.25, 0.3) is 0 Å². The van der Waals surface area contributed by atoms with Gasteiger partial charge in [0.2, 0.25) is 0 Å². The Hall–Kier alpha value is -0.390. The van der Waals surface area contributed by atoms with E-state index in [1.54, 1.807) is 13.0 Å². The van der Waals surface area contributed by atoms with Crippen molar-refractivity contribution in [1.82, 2.24) is 0 Å². The van der Waals surface area contributed by atoms with E-state index in [1.807, 2.05) is 0 Å². The topological polar surface area (TPSA) is 54.4 Å². The van der Waals surface area contributed by atoms with Crippen molar-refractivity contribution in [2.75, 3.05) is 0 Å². The first-order valence-electron chi connectivity index (χ1n) is 4.08. The molecule has 1 aromatic rings. The van der Waals surface area contributed by atoms with Crippen LogP contribution in [0.5, 0.6) is 0 Å². The Morgan fingerprint density at radius 3 is 2.67 bits per heavy atom. The lowest BCUT2D eigenvalue weighted by atomic mass is 10.2. The Morgan fingerprint density at radius 2 is 2.27 bits per heavy atom. The van der Waals surface area contributed by atoms with Crippen molar-refractivity contribution in [3.05, 3.63) is 20.8 Å². The van der Waals surface area contributed by atoms with Crippen LogP contribution < -0.4 is 0 Å². The summed E-state index contributed by atoms with van der Waals surface area (Å²) >= 11 is 10.0. The molecule has 0 aliphatic heterocycles. The number of aryl methyl sites for hydroxylation is 1. The minimum absolute atomic E-state index is 0.229. The summed E-state index contributed by atoms with van der Waals surface area (Å²) in [5.74, 6) is -1.25. The molecule has 1 heterocycles. The number of hydrogen-bond donors (Lipinski definition) is 1. The molecular weight excluding hydrogens is 304 g/mol. The van der Waals surface area contributed by atoms with Crippen molar-refractivity contribution in [3.63, 3.8) is 0 Å². The number of alkyl halides is 1. The van der Waals surface area contributed by atoms with Gasteiger partial charge >= 0.3 is 5.97 Å². The van der Waals surface area contributed by atoms with Crippen LogP contribution in [0.2, 0.25) is 4.34 Å². The Bertz CT molecular complexity index is 383. The molecule has 15 heavy (non-hydrogen) atoms. The third-order valence-corrected chi connectivity index (χ3v) is 4.05. The molecule has 0 aromatic carbocycles. The molecule has 0 fully saturated rings. The Labute approximate surface area is 104 Å². The second-order valence-corrected chi connectivity index (χ2v) is 5.76. The van der Waals surface area contributed by atoms with E-state index in [9.17, 15) is 9.59 Å². The molecule has 1 N–H and O–H groups in total. The van der Waals surface area contributed by atoms with E-state index in [0.29, 0.717) is 9.21 Å². The summed E-state index contributed by atoms with van der Waals surface area (Å²) in [6.45, 7) is 1.80. The van der Waals surface area contributed by atoms with Gasteiger partial charge < -0.3 is 5.11 Å². The fraction of sp³-hybridized carbons (Fsp3) is 0.333. The first kappa shape index (κ1) is 12.7. The van der Waals surface area contributed by atoms with Crippen molar-refractivity contribution >= 4 is 50.6 Å². The number of carboxylic acid groups (broad SMARTS) is 1. The van der Waals surface area contributed by atoms with Gasteiger partial charge in [0, 0.05) is 0 Å². The van der Waals surface area contributed by atoms with Crippen molar-refractivity contribution < 1.29 is 14.7 Å². The highest BCUT2D eigenvalue weighted by molar-refractivity contribution is 9.10. The van der Waals surface area contributed by atoms with Crippen LogP contribution in [0.4, 0.5) is 0 Å². The number of carboxylic acids is 1. The van der Waals surface area contributed by atoms with Gasteiger partial charge in [0.1, 0.15) is 0 Å². The van der Waals surface area contributed by atoms with E-state index < -0.39 is 10.8 Å². The van der Waals surface area contributed by atoms with E-state index in [-0.39, 0.29) is 12.2 Å². The molecule has 0 aliphatic rings. The molecule has 0 bridgehead atoms. The minimum Gasteiger partial charge on any atom is -0.481 e. The first-order valence-corrected chi connectivity index (χ1v) is 6.19. The normalized spacial score (nSPS) is 12.5. The number of carbonyl (C=O) groups is 2. The monoisotopic (exact) mass is 310 g/mol. The predicted octanol–water partition coefficient (Wildman–Crippen LogP) is 3.13. The number of aliphatic carboxylic acids is 1. The van der Waals surface area contributed by atoms with Gasteiger partial charge in [-0.3, -0.25) is 9.59 Å². The molecule has 1 unspecified atom stereocenters. The molecule has 0 aliphatic carbocycles. The smallest absolute Gasteiger partial charge is 0.304 e. The van der Waals surface area contributed by atoms with Gasteiger partial charge in [-0.15, -0.1) is 11.3 Å². The van der Waals surface area contributed by atoms with Crippen LogP contribution in [0.15, 0.2) is 6.07 Å². The van der Waals surface area contributed by atoms with Crippen LogP contribution in [0, 0.1) is 6.92 Å². The number of Topliss-reactive ketones (excluding diaryl/α,β-unsaturated/α-hetero) is 1. The van der Waals surface area contributed by atoms with Gasteiger partial charge in [0.05, 0.1) is 20.5 Å². The third-order valence-electron chi connectivity index (χ3n) is 1.74. The summed E-state index contributed by atoms with van der Waals surface area (Å²) in [6.07, 6.45) is -0.229. The SMILES string of the molecule is Cc1cc(C(=O)C(Br)CC(=O)O)sc1Cl. The molecule has 0 amide bonds. The lowest BCUT2D eigenvalue weighted by Gasteiger charge is -2.02. The van der Waals surface area contributed by atoms with Crippen LogP contribution >= 0.6 is 38.9 Å². The molecular formula is C9H8BrClO3S. The van der Waals surface area contributed by atoms with E-state index in [1.165, 1.54) is 11.3 Å². The Morgan fingerprint density at radius 1 is 1.67 bits per heavy atom. The highest BCUT2D eigenvalue weighted by Gasteiger charge is 2.22. The average molecular weight is 312 g/mol. The van der Waals surface area contributed by atoms with Gasteiger partial charge in [0.15, 0.2) is 5.78 Å². The van der Waals surface area contributed by atoms with Gasteiger partial charge in [-0.25, -0.2) is 0 Å². The zero-order valence-electron chi connectivity index (χ0n) is 7.79. The number of halogens is 2. The first-order chi connectivity index (χ1) is 6.91. The Balaban J connectivity index is 2.80. The molecule has 82 valence electrons. The maximum absolute atomic E-state index is 11.7. The van der Waals surface area contributed by atoms with Crippen LogP contribution in [0.3, 0.4) is 0 Å². The number of thiophene rings is 1. The number of hydrogen-bond acceptors (Lipinski definition) is 3. The van der Waals surface area contributed by atoms with Crippen molar-refractivity contribution in [1.29, 1.82) is 0 Å². The Kier molecular flexibility index (Phi) is 4.31. The van der Waals surface area contributed by atoms with E-state index >= 15 is 0 Å². The molecule has 0 saturated carbocycles. The number of carbonyl (C=O) groups excluding carboxylic acids is 1. The molecule has 1 aromatic heterocycles. The molecule has 6 heteroatoms. The van der Waals surface area contributed by atoms with Gasteiger partial charge in [-0.2, -0.15) is 0 Å². The quantitative estimate of drug-likeness (QED) is 0.686. The van der Waals surface area contributed by atoms with E-state index in [2.05, 4.69) is 15.9 Å². The van der Waals surface area contributed by atoms with E-state index in [0.717, 1.165) is 5.56 Å². The highest BCUT2D eigenvalue weighted by Crippen LogP contribution is 2.29. The summed E-state index contributed by atoms with van der Waals surface area (Å²) in [5.41, 5.74) is 0.833. The van der Waals surface area contributed by atoms with E-state index in [4.69, 9.17) is 16.7 Å². The number of ketones is 1. The summed E-state index contributed by atoms with van der Waals surface area (Å²) in [7, 11) is 0. The zero-order chi connectivity index (χ0) is 11.6. The summed E-state index contributed by atoms with van der Waals surface area (Å²) in [6, 6.07) is 1.67. The minimum atomic E-state index is -1.01. The standard InChI is InChI=1S/C9H8BrClO3S/c1-4-2-6(15-9(4)11)8(14)5(10)3-7(12)13/h2,5H,3H2,1H3,(H,12,13). The second kappa shape index (κ2) is 5.09. The second-order valence-electron chi connectivity index (χ2n) is 3.00. The van der Waals surface area contributed by atoms with Gasteiger partial charge in [0.25, 0.3) is 0 Å². The molecule has 1 atom stereocenters. The number of rotatable bonds is 4. The molecule has 0 saturated heterocycles. The fourth-order valence-electron chi connectivity index (χ4n) is 0.982. The maximum Gasteiger partial charge on any atom is 0.304 e. The third kappa shape index (κ3) is 3.29. The summed E-state index contributed by atoms with van der Waals surface area (Å²) in [4.78, 5) is 21.9. The van der Waals surface area contributed by atoms with Crippen molar-refractivity contribution in [3.8, 4) is 0 Å². The molecule has 1 rings (SSSR count). The largest absolute Gasteiger partial charge is 0.481 e. The van der Waals surface area contributed by atoms with Gasteiger partial charge in [-0.05, 0) is 18.6 Å². The fourth-order valence-corrected chi connectivity index (χ4v) is 2.85. The predicted molar refractivity (Wildman–Crippen MR) is 63.4 cm³/mol. The maximum atomic E-state index is 11.7. The molecule has 0 radical (unpaired) electrons. The lowest BCUT2D eigenvalue weighted by Crippen LogP contribution is -2.17. The van der Waals surface area contributed by atoms with Crippen LogP contribution in [-0.2, 0) is 4.79 Å².